The SMILES string of the molecule is COc1cccc([C@H]2S[C@H](CCO)c3nnc(C(F)(F)F)n3-c3ccc(Cl)cc32)c1OC. The van der Waals surface area contributed by atoms with Gasteiger partial charge in [-0.2, -0.15) is 13.2 Å². The standard InChI is InChI=1S/C21H19ClF3N3O3S/c1-30-15-5-3-4-12(17(15)31-2)18-13-10-11(22)6-7-14(13)28-19(16(32-18)8-9-29)26-27-20(28)21(23,24)25/h3-7,10,16,18,29H,8-9H2,1-2H3/t16-,18-/m1/s1. The normalized spacial score (nSPS) is 18.0. The summed E-state index contributed by atoms with van der Waals surface area (Å²) in [7, 11) is 3.02. The topological polar surface area (TPSA) is 69.4 Å². The van der Waals surface area contributed by atoms with E-state index >= 15 is 0 Å². The second-order valence-corrected chi connectivity index (χ2v) is 8.77. The average molecular weight is 486 g/mol. The van der Waals surface area contributed by atoms with Gasteiger partial charge in [0.25, 0.3) is 0 Å². The molecule has 0 amide bonds. The molecule has 0 unspecified atom stereocenters. The minimum absolute atomic E-state index is 0.115. The quantitative estimate of drug-likeness (QED) is 0.534. The molecule has 11 heteroatoms. The van der Waals surface area contributed by atoms with Crippen molar-refractivity contribution >= 4 is 23.4 Å². The number of para-hydroxylation sites is 1. The zero-order valence-corrected chi connectivity index (χ0v) is 18.6. The van der Waals surface area contributed by atoms with Crippen LogP contribution in [0.5, 0.6) is 11.5 Å². The summed E-state index contributed by atoms with van der Waals surface area (Å²) < 4.78 is 53.5. The molecule has 0 bridgehead atoms. The van der Waals surface area contributed by atoms with E-state index in [1.165, 1.54) is 38.1 Å². The highest BCUT2D eigenvalue weighted by atomic mass is 35.5. The number of rotatable bonds is 5. The maximum absolute atomic E-state index is 13.8. The Hall–Kier alpha value is -2.43. The average Bonchev–Trinajstić information content (AvgIpc) is 3.16. The maximum Gasteiger partial charge on any atom is 0.452 e. The van der Waals surface area contributed by atoms with Crippen molar-refractivity contribution in [2.45, 2.75) is 23.1 Å². The van der Waals surface area contributed by atoms with E-state index in [0.29, 0.717) is 27.6 Å². The Bertz CT molecular complexity index is 1140. The number of fused-ring (bicyclic) bond motifs is 3. The molecule has 3 aromatic rings. The van der Waals surface area contributed by atoms with E-state index in [-0.39, 0.29) is 24.5 Å². The lowest BCUT2D eigenvalue weighted by Gasteiger charge is -2.23. The Morgan fingerprint density at radius 3 is 2.56 bits per heavy atom. The van der Waals surface area contributed by atoms with Gasteiger partial charge in [-0.3, -0.25) is 4.57 Å². The van der Waals surface area contributed by atoms with Gasteiger partial charge in [0.15, 0.2) is 17.3 Å². The van der Waals surface area contributed by atoms with E-state index in [1.807, 2.05) is 6.07 Å². The fraction of sp³-hybridized carbons (Fsp3) is 0.333. The summed E-state index contributed by atoms with van der Waals surface area (Å²) in [5.74, 6) is -0.0513. The monoisotopic (exact) mass is 485 g/mol. The molecule has 0 aliphatic carbocycles. The Balaban J connectivity index is 2.02. The van der Waals surface area contributed by atoms with E-state index < -0.39 is 22.5 Å². The molecule has 0 radical (unpaired) electrons. The van der Waals surface area contributed by atoms with Crippen LogP contribution < -0.4 is 9.47 Å². The number of thioether (sulfide) groups is 1. The van der Waals surface area contributed by atoms with Crippen LogP contribution in [-0.4, -0.2) is 40.7 Å². The third kappa shape index (κ3) is 3.91. The molecular weight excluding hydrogens is 467 g/mol. The lowest BCUT2D eigenvalue weighted by molar-refractivity contribution is -0.146. The highest BCUT2D eigenvalue weighted by Gasteiger charge is 2.43. The molecule has 1 N–H and O–H groups in total. The number of benzene rings is 2. The largest absolute Gasteiger partial charge is 0.493 e. The van der Waals surface area contributed by atoms with Crippen molar-refractivity contribution in [3.8, 4) is 17.2 Å². The number of halogens is 4. The molecule has 1 aliphatic heterocycles. The van der Waals surface area contributed by atoms with Crippen LogP contribution in [0.25, 0.3) is 5.69 Å². The van der Waals surface area contributed by atoms with Crippen LogP contribution in [-0.2, 0) is 6.18 Å². The Morgan fingerprint density at radius 1 is 1.12 bits per heavy atom. The lowest BCUT2D eigenvalue weighted by Crippen LogP contribution is -2.16. The third-order valence-electron chi connectivity index (χ3n) is 5.15. The predicted molar refractivity (Wildman–Crippen MR) is 115 cm³/mol. The van der Waals surface area contributed by atoms with Gasteiger partial charge < -0.3 is 14.6 Å². The first-order valence-corrected chi connectivity index (χ1v) is 10.9. The minimum Gasteiger partial charge on any atom is -0.493 e. The summed E-state index contributed by atoms with van der Waals surface area (Å²) in [4.78, 5) is 0. The summed E-state index contributed by atoms with van der Waals surface area (Å²) in [6, 6.07) is 10.1. The Kier molecular flexibility index (Phi) is 6.28. The molecule has 170 valence electrons. The fourth-order valence-corrected chi connectivity index (χ4v) is 5.53. The van der Waals surface area contributed by atoms with Crippen LogP contribution in [0.3, 0.4) is 0 Å². The number of alkyl halides is 3. The third-order valence-corrected chi connectivity index (χ3v) is 6.94. The van der Waals surface area contributed by atoms with Crippen molar-refractivity contribution in [1.29, 1.82) is 0 Å². The van der Waals surface area contributed by atoms with Gasteiger partial charge in [0.05, 0.1) is 30.4 Å². The smallest absolute Gasteiger partial charge is 0.452 e. The van der Waals surface area contributed by atoms with Crippen LogP contribution in [0.4, 0.5) is 13.2 Å². The second kappa shape index (κ2) is 8.84. The van der Waals surface area contributed by atoms with Crippen LogP contribution in [0.2, 0.25) is 5.02 Å². The number of aliphatic hydroxyl groups is 1. The number of nitrogens with zero attached hydrogens (tertiary/aromatic N) is 3. The van der Waals surface area contributed by atoms with Crippen molar-refractivity contribution in [1.82, 2.24) is 14.8 Å². The van der Waals surface area contributed by atoms with Crippen molar-refractivity contribution < 1.29 is 27.8 Å². The van der Waals surface area contributed by atoms with Gasteiger partial charge >= 0.3 is 6.18 Å². The number of hydrogen-bond donors (Lipinski definition) is 1. The van der Waals surface area contributed by atoms with Gasteiger partial charge in [0, 0.05) is 17.2 Å². The van der Waals surface area contributed by atoms with E-state index in [4.69, 9.17) is 21.1 Å². The van der Waals surface area contributed by atoms with E-state index in [2.05, 4.69) is 10.2 Å². The molecule has 2 heterocycles. The Morgan fingerprint density at radius 2 is 1.91 bits per heavy atom. The van der Waals surface area contributed by atoms with Crippen molar-refractivity contribution in [3.05, 3.63) is 64.2 Å². The molecule has 0 saturated carbocycles. The molecule has 2 aromatic carbocycles. The molecule has 0 fully saturated rings. The second-order valence-electron chi connectivity index (χ2n) is 7.02. The summed E-state index contributed by atoms with van der Waals surface area (Å²) in [5.41, 5.74) is 1.51. The van der Waals surface area contributed by atoms with E-state index in [0.717, 1.165) is 4.57 Å². The fourth-order valence-electron chi connectivity index (χ4n) is 3.84. The summed E-state index contributed by atoms with van der Waals surface area (Å²) >= 11 is 7.63. The molecule has 1 aromatic heterocycles. The predicted octanol–water partition coefficient (Wildman–Crippen LogP) is 5.22. The first-order valence-electron chi connectivity index (χ1n) is 9.59. The van der Waals surface area contributed by atoms with Crippen molar-refractivity contribution in [2.24, 2.45) is 0 Å². The molecule has 0 saturated heterocycles. The molecule has 4 rings (SSSR count). The summed E-state index contributed by atoms with van der Waals surface area (Å²) in [5, 5.41) is 16.3. The number of aromatic nitrogens is 3. The van der Waals surface area contributed by atoms with E-state index in [1.54, 1.807) is 18.2 Å². The Labute approximate surface area is 191 Å². The van der Waals surface area contributed by atoms with Crippen LogP contribution in [0.1, 0.15) is 39.7 Å². The number of ether oxygens (including phenoxy) is 2. The summed E-state index contributed by atoms with van der Waals surface area (Å²) in [6.45, 7) is -0.231. The van der Waals surface area contributed by atoms with Gasteiger partial charge in [-0.25, -0.2) is 0 Å². The van der Waals surface area contributed by atoms with Crippen LogP contribution in [0, 0.1) is 0 Å². The zero-order chi connectivity index (χ0) is 23.0. The van der Waals surface area contributed by atoms with Gasteiger partial charge in [0.2, 0.25) is 5.82 Å². The highest BCUT2D eigenvalue weighted by Crippen LogP contribution is 2.54. The van der Waals surface area contributed by atoms with Crippen molar-refractivity contribution in [2.75, 3.05) is 20.8 Å². The van der Waals surface area contributed by atoms with Gasteiger partial charge in [-0.15, -0.1) is 22.0 Å². The minimum atomic E-state index is -4.72. The summed E-state index contributed by atoms with van der Waals surface area (Å²) in [6.07, 6.45) is -4.53. The molecule has 32 heavy (non-hydrogen) atoms. The van der Waals surface area contributed by atoms with Gasteiger partial charge in [-0.1, -0.05) is 23.7 Å². The first kappa shape index (κ1) is 22.8. The first-order chi connectivity index (χ1) is 15.3. The number of methoxy groups -OCH3 is 2. The zero-order valence-electron chi connectivity index (χ0n) is 17.1. The van der Waals surface area contributed by atoms with Gasteiger partial charge in [0.1, 0.15) is 0 Å². The highest BCUT2D eigenvalue weighted by molar-refractivity contribution is 8.00. The number of hydrogen-bond acceptors (Lipinski definition) is 6. The molecule has 0 spiro atoms. The van der Waals surface area contributed by atoms with E-state index in [9.17, 15) is 18.3 Å². The molecular formula is C21H19ClF3N3O3S. The maximum atomic E-state index is 13.8. The van der Waals surface area contributed by atoms with Crippen LogP contribution >= 0.6 is 23.4 Å². The number of aliphatic hydroxyl groups excluding tert-OH is 1. The lowest BCUT2D eigenvalue weighted by atomic mass is 10.0. The molecule has 2 atom stereocenters. The van der Waals surface area contributed by atoms with Gasteiger partial charge in [-0.05, 0) is 36.2 Å². The van der Waals surface area contributed by atoms with Crippen LogP contribution in [0.15, 0.2) is 36.4 Å². The molecule has 1 aliphatic rings. The van der Waals surface area contributed by atoms with Crippen molar-refractivity contribution in [3.63, 3.8) is 0 Å². The molecule has 6 nitrogen and oxygen atoms in total.